The predicted molar refractivity (Wildman–Crippen MR) is 128 cm³/mol. The molecule has 0 amide bonds. The molecule has 0 saturated carbocycles. The first-order valence-electron chi connectivity index (χ1n) is 10.1. The van der Waals surface area contributed by atoms with Crippen molar-refractivity contribution in [2.24, 2.45) is 0 Å². The Bertz CT molecular complexity index is 321. The number of carboxylic acids is 1. The number of benzene rings is 2. The van der Waals surface area contributed by atoms with Gasteiger partial charge in [0.1, 0.15) is 5.78 Å². The fourth-order valence-corrected chi connectivity index (χ4v) is 0.770. The van der Waals surface area contributed by atoms with E-state index in [1.807, 2.05) is 128 Å². The summed E-state index contributed by atoms with van der Waals surface area (Å²) in [6, 6.07) is 24.0. The number of ketones is 1. The number of hydrogen-bond donors (Lipinski definition) is 1. The van der Waals surface area contributed by atoms with E-state index in [2.05, 4.69) is 0 Å². The van der Waals surface area contributed by atoms with E-state index >= 15 is 0 Å². The second-order valence-electron chi connectivity index (χ2n) is 3.74. The summed E-state index contributed by atoms with van der Waals surface area (Å²) in [7, 11) is 0. The van der Waals surface area contributed by atoms with E-state index in [9.17, 15) is 4.79 Å². The zero-order valence-corrected chi connectivity index (χ0v) is 20.2. The van der Waals surface area contributed by atoms with Gasteiger partial charge in [-0.1, -0.05) is 128 Å². The van der Waals surface area contributed by atoms with Crippen molar-refractivity contribution in [2.75, 3.05) is 0 Å². The van der Waals surface area contributed by atoms with Crippen LogP contribution in [0.25, 0.3) is 0 Å². The first-order valence-corrected chi connectivity index (χ1v) is 10.1. The van der Waals surface area contributed by atoms with E-state index in [0.717, 1.165) is 6.92 Å². The first kappa shape index (κ1) is 40.3. The summed E-state index contributed by atoms with van der Waals surface area (Å²) in [6.07, 6.45) is 0. The molecule has 2 aromatic carbocycles. The highest BCUT2D eigenvalue weighted by Crippen LogP contribution is 1.80. The van der Waals surface area contributed by atoms with E-state index in [1.54, 1.807) is 0 Å². The van der Waals surface area contributed by atoms with Gasteiger partial charge in [-0.05, 0) is 13.8 Å². The summed E-state index contributed by atoms with van der Waals surface area (Å²) in [5, 5.41) is 7.42. The van der Waals surface area contributed by atoms with E-state index in [0.29, 0.717) is 0 Å². The summed E-state index contributed by atoms with van der Waals surface area (Å²) >= 11 is 0. The lowest BCUT2D eigenvalue weighted by atomic mass is 10.4. The Morgan fingerprint density at radius 1 is 0.429 bits per heavy atom. The number of hydrogen-bond acceptors (Lipinski definition) is 2. The molecule has 0 aliphatic heterocycles. The number of aliphatic carboxylic acids is 1. The molecular weight excluding hydrogens is 348 g/mol. The van der Waals surface area contributed by atoms with Crippen LogP contribution in [0.15, 0.2) is 72.8 Å². The molecule has 0 saturated heterocycles. The molecule has 0 aliphatic carbocycles. The molecule has 0 heterocycles. The van der Waals surface area contributed by atoms with Crippen LogP contribution < -0.4 is 0 Å². The molecule has 0 unspecified atom stereocenters. The van der Waals surface area contributed by atoms with Crippen LogP contribution in [-0.4, -0.2) is 16.9 Å². The van der Waals surface area contributed by atoms with Crippen LogP contribution in [0.2, 0.25) is 0 Å². The normalized spacial score (nSPS) is 6.11. The molecule has 1 N–H and O–H groups in total. The molecule has 0 bridgehead atoms. The molecule has 0 aliphatic rings. The lowest BCUT2D eigenvalue weighted by Crippen LogP contribution is -1.78. The summed E-state index contributed by atoms with van der Waals surface area (Å²) < 4.78 is 0. The van der Waals surface area contributed by atoms with Crippen LogP contribution >= 0.6 is 0 Å². The predicted octanol–water partition coefficient (Wildman–Crippen LogP) is 8.16. The van der Waals surface area contributed by atoms with Crippen molar-refractivity contribution < 1.29 is 14.7 Å². The fraction of sp³-hybridized carbons (Fsp3) is 0.440. The minimum atomic E-state index is -0.833. The van der Waals surface area contributed by atoms with Crippen LogP contribution in [-0.2, 0) is 9.59 Å². The quantitative estimate of drug-likeness (QED) is 0.490. The lowest BCUT2D eigenvalue weighted by molar-refractivity contribution is -0.134. The van der Waals surface area contributed by atoms with Gasteiger partial charge >= 0.3 is 0 Å². The average molecular weight is 395 g/mol. The molecule has 3 nitrogen and oxygen atoms in total. The average Bonchev–Trinajstić information content (AvgIpc) is 2.76. The van der Waals surface area contributed by atoms with Gasteiger partial charge in [0.25, 0.3) is 5.97 Å². The van der Waals surface area contributed by atoms with Gasteiger partial charge in [-0.25, -0.2) is 0 Å². The number of rotatable bonds is 0. The fourth-order valence-electron chi connectivity index (χ4n) is 0.770. The van der Waals surface area contributed by atoms with Crippen LogP contribution in [0.5, 0.6) is 0 Å². The molecule has 0 spiro atoms. The van der Waals surface area contributed by atoms with Gasteiger partial charge in [-0.3, -0.25) is 4.79 Å². The van der Waals surface area contributed by atoms with Crippen LogP contribution in [0, 0.1) is 0 Å². The smallest absolute Gasteiger partial charge is 0.300 e. The number of Topliss-reactive ketones (excluding diaryl/α,β-unsaturated/α-hetero) is 1. The van der Waals surface area contributed by atoms with Crippen molar-refractivity contribution in [3.63, 3.8) is 0 Å². The zero-order chi connectivity index (χ0) is 23.6. The van der Waals surface area contributed by atoms with Gasteiger partial charge < -0.3 is 9.90 Å². The van der Waals surface area contributed by atoms with E-state index in [4.69, 9.17) is 9.90 Å². The van der Waals surface area contributed by atoms with Gasteiger partial charge in [0, 0.05) is 6.92 Å². The van der Waals surface area contributed by atoms with E-state index in [1.165, 1.54) is 13.8 Å². The van der Waals surface area contributed by atoms with Gasteiger partial charge in [-0.2, -0.15) is 0 Å². The molecule has 2 aromatic rings. The molecule has 0 radical (unpaired) electrons. The Morgan fingerprint density at radius 2 is 0.464 bits per heavy atom. The maximum absolute atomic E-state index is 9.44. The Hall–Kier alpha value is -2.42. The molecule has 164 valence electrons. The van der Waals surface area contributed by atoms with E-state index < -0.39 is 5.97 Å². The minimum Gasteiger partial charge on any atom is -0.481 e. The minimum absolute atomic E-state index is 0.167. The third-order valence-corrected chi connectivity index (χ3v) is 1.33. The van der Waals surface area contributed by atoms with Gasteiger partial charge in [0.2, 0.25) is 0 Å². The van der Waals surface area contributed by atoms with Crippen molar-refractivity contribution in [2.45, 2.75) is 76.2 Å². The highest BCUT2D eigenvalue weighted by atomic mass is 16.4. The maximum Gasteiger partial charge on any atom is 0.300 e. The standard InChI is InChI=1S/2C6H6.C3H6O.C2H4O2.4C2H6/c2*1-2-4-6-5-3-1;1-3(2)4;1-2(3)4;4*1-2/h2*1-6H;1-2H3;1H3,(H,3,4);4*1-2H3. The number of carboxylic acid groups (broad SMARTS) is 1. The summed E-state index contributed by atoms with van der Waals surface area (Å²) in [5.74, 6) is -0.667. The van der Waals surface area contributed by atoms with Gasteiger partial charge in [-0.15, -0.1) is 0 Å². The van der Waals surface area contributed by atoms with Crippen molar-refractivity contribution in [3.05, 3.63) is 72.8 Å². The Morgan fingerprint density at radius 3 is 0.500 bits per heavy atom. The van der Waals surface area contributed by atoms with Gasteiger partial charge in [0.15, 0.2) is 0 Å². The molecule has 0 atom stereocenters. The lowest BCUT2D eigenvalue weighted by Gasteiger charge is -1.69. The van der Waals surface area contributed by atoms with Crippen LogP contribution in [0.4, 0.5) is 0 Å². The van der Waals surface area contributed by atoms with Crippen LogP contribution in [0.1, 0.15) is 76.2 Å². The van der Waals surface area contributed by atoms with Crippen molar-refractivity contribution in [3.8, 4) is 0 Å². The number of carbonyl (C=O) groups excluding carboxylic acids is 1. The summed E-state index contributed by atoms with van der Waals surface area (Å²) in [6.45, 7) is 20.1. The zero-order valence-electron chi connectivity index (χ0n) is 20.2. The SMILES string of the molecule is CC.CC.CC.CC.CC(=O)O.CC(C)=O.c1ccccc1.c1ccccc1. The van der Waals surface area contributed by atoms with Crippen molar-refractivity contribution >= 4 is 11.8 Å². The van der Waals surface area contributed by atoms with Crippen LogP contribution in [0.3, 0.4) is 0 Å². The maximum atomic E-state index is 9.44. The third-order valence-electron chi connectivity index (χ3n) is 1.33. The Balaban J connectivity index is -0.0000000522. The largest absolute Gasteiger partial charge is 0.481 e. The highest BCUT2D eigenvalue weighted by Gasteiger charge is 1.65. The second-order valence-corrected chi connectivity index (χ2v) is 3.74. The second kappa shape index (κ2) is 56.3. The molecular formula is C25H46O3. The Labute approximate surface area is 175 Å². The molecule has 0 fully saturated rings. The molecule has 28 heavy (non-hydrogen) atoms. The van der Waals surface area contributed by atoms with E-state index in [-0.39, 0.29) is 5.78 Å². The van der Waals surface area contributed by atoms with Crippen molar-refractivity contribution in [1.82, 2.24) is 0 Å². The third kappa shape index (κ3) is 131. The Kier molecular flexibility index (Phi) is 81.1. The summed E-state index contributed by atoms with van der Waals surface area (Å²) in [4.78, 5) is 18.4. The summed E-state index contributed by atoms with van der Waals surface area (Å²) in [5.41, 5.74) is 0. The molecule has 3 heteroatoms. The van der Waals surface area contributed by atoms with Crippen molar-refractivity contribution in [1.29, 1.82) is 0 Å². The molecule has 2 rings (SSSR count). The topological polar surface area (TPSA) is 54.4 Å². The molecule has 0 aromatic heterocycles. The first-order chi connectivity index (χ1) is 13.5. The van der Waals surface area contributed by atoms with Gasteiger partial charge in [0.05, 0.1) is 0 Å². The number of carbonyl (C=O) groups is 2. The monoisotopic (exact) mass is 394 g/mol. The highest BCUT2D eigenvalue weighted by molar-refractivity contribution is 5.72.